The molecule has 1 heteroatoms. The van der Waals surface area contributed by atoms with E-state index in [1.54, 1.807) is 13.0 Å². The van der Waals surface area contributed by atoms with Gasteiger partial charge in [0.15, 0.2) is 0 Å². The molecule has 0 aromatic rings. The van der Waals surface area contributed by atoms with E-state index in [-0.39, 0.29) is 5.83 Å². The summed E-state index contributed by atoms with van der Waals surface area (Å²) in [4.78, 5) is 0. The highest BCUT2D eigenvalue weighted by atomic mass is 19.1. The maximum atomic E-state index is 13.1. The summed E-state index contributed by atoms with van der Waals surface area (Å²) in [5.74, 6) is 5.28. The second kappa shape index (κ2) is 4.56. The molecule has 0 saturated heterocycles. The van der Waals surface area contributed by atoms with Gasteiger partial charge in [-0.15, -0.1) is 5.92 Å². The Morgan fingerprint density at radius 1 is 1.42 bits per heavy atom. The lowest BCUT2D eigenvalue weighted by atomic mass is 10.1. The Labute approximate surface area is 72.5 Å². The van der Waals surface area contributed by atoms with Crippen molar-refractivity contribution in [2.24, 2.45) is 0 Å². The van der Waals surface area contributed by atoms with Gasteiger partial charge in [-0.05, 0) is 25.8 Å². The lowest BCUT2D eigenvalue weighted by Crippen LogP contribution is -1.84. The summed E-state index contributed by atoms with van der Waals surface area (Å²) in [7, 11) is 0. The summed E-state index contributed by atoms with van der Waals surface area (Å²) >= 11 is 0. The number of allylic oxidation sites excluding steroid dienone is 6. The summed E-state index contributed by atoms with van der Waals surface area (Å²) in [6.45, 7) is 1.72. The highest BCUT2D eigenvalue weighted by molar-refractivity contribution is 5.37. The van der Waals surface area contributed by atoms with Crippen molar-refractivity contribution in [3.8, 4) is 11.8 Å². The van der Waals surface area contributed by atoms with Crippen LogP contribution in [0.1, 0.15) is 19.8 Å². The van der Waals surface area contributed by atoms with Gasteiger partial charge < -0.3 is 0 Å². The fourth-order valence-corrected chi connectivity index (χ4v) is 1.04. The first-order valence-electron chi connectivity index (χ1n) is 3.99. The Morgan fingerprint density at radius 3 is 3.00 bits per heavy atom. The highest BCUT2D eigenvalue weighted by Crippen LogP contribution is 2.15. The van der Waals surface area contributed by atoms with Crippen LogP contribution in [0.2, 0.25) is 0 Å². The minimum Gasteiger partial charge on any atom is -0.206 e. The Hall–Kier alpha value is -1.29. The lowest BCUT2D eigenvalue weighted by Gasteiger charge is -1.99. The zero-order chi connectivity index (χ0) is 8.81. The molecule has 0 fully saturated rings. The third kappa shape index (κ3) is 2.39. The summed E-state index contributed by atoms with van der Waals surface area (Å²) in [5.41, 5.74) is 0.609. The number of hydrogen-bond donors (Lipinski definition) is 0. The van der Waals surface area contributed by atoms with Crippen molar-refractivity contribution in [1.29, 1.82) is 0 Å². The molecular weight excluding hydrogens is 151 g/mol. The largest absolute Gasteiger partial charge is 0.206 e. The molecule has 0 N–H and O–H groups in total. The summed E-state index contributed by atoms with van der Waals surface area (Å²) < 4.78 is 13.1. The van der Waals surface area contributed by atoms with Crippen LogP contribution in [-0.2, 0) is 0 Å². The van der Waals surface area contributed by atoms with Gasteiger partial charge in [-0.2, -0.15) is 0 Å². The number of rotatable bonds is 0. The van der Waals surface area contributed by atoms with Gasteiger partial charge in [0, 0.05) is 5.57 Å². The Bertz CT molecular complexity index is 295. The van der Waals surface area contributed by atoms with E-state index in [0.29, 0.717) is 12.0 Å². The summed E-state index contributed by atoms with van der Waals surface area (Å²) in [5, 5.41) is 0. The van der Waals surface area contributed by atoms with Crippen LogP contribution in [-0.4, -0.2) is 0 Å². The van der Waals surface area contributed by atoms with Crippen LogP contribution in [0.3, 0.4) is 0 Å². The van der Waals surface area contributed by atoms with Crippen molar-refractivity contribution < 1.29 is 4.39 Å². The summed E-state index contributed by atoms with van der Waals surface area (Å²) in [6, 6.07) is 0. The monoisotopic (exact) mass is 162 g/mol. The average molecular weight is 162 g/mol. The van der Waals surface area contributed by atoms with E-state index in [9.17, 15) is 4.39 Å². The highest BCUT2D eigenvalue weighted by Gasteiger charge is 2.00. The van der Waals surface area contributed by atoms with Crippen molar-refractivity contribution in [1.82, 2.24) is 0 Å². The predicted molar refractivity (Wildman–Crippen MR) is 49.1 cm³/mol. The van der Waals surface area contributed by atoms with E-state index in [1.807, 2.05) is 12.2 Å². The van der Waals surface area contributed by atoms with Crippen LogP contribution in [0.4, 0.5) is 4.39 Å². The molecule has 0 nitrogen and oxygen atoms in total. The van der Waals surface area contributed by atoms with E-state index in [0.717, 1.165) is 6.42 Å². The fraction of sp³-hybridized carbons (Fsp3) is 0.273. The molecule has 0 unspecified atom stereocenters. The van der Waals surface area contributed by atoms with Crippen molar-refractivity contribution >= 4 is 0 Å². The van der Waals surface area contributed by atoms with Gasteiger partial charge >= 0.3 is 0 Å². The molecule has 0 atom stereocenters. The standard InChI is InChI=1S/C11H11F/c1-2-7-10-8-5-3-4-6-9-11(10)12/h3-4,6,9H,5,8H2,1H3/b4-3-,9-6-,11-10+. The SMILES string of the molecule is CC#C/C1=C(F)/C=C\C=C/CC1. The minimum absolute atomic E-state index is 0.200. The van der Waals surface area contributed by atoms with Crippen molar-refractivity contribution in [3.05, 3.63) is 35.7 Å². The molecule has 1 aliphatic carbocycles. The molecule has 62 valence electrons. The number of hydrogen-bond acceptors (Lipinski definition) is 0. The van der Waals surface area contributed by atoms with Crippen LogP contribution >= 0.6 is 0 Å². The van der Waals surface area contributed by atoms with Crippen LogP contribution in [0.15, 0.2) is 35.7 Å². The van der Waals surface area contributed by atoms with Gasteiger partial charge in [-0.25, -0.2) is 4.39 Å². The molecule has 0 amide bonds. The third-order valence-electron chi connectivity index (χ3n) is 1.61. The van der Waals surface area contributed by atoms with E-state index in [2.05, 4.69) is 11.8 Å². The maximum absolute atomic E-state index is 13.1. The number of halogens is 1. The maximum Gasteiger partial charge on any atom is 0.134 e. The van der Waals surface area contributed by atoms with E-state index in [1.165, 1.54) is 6.08 Å². The predicted octanol–water partition coefficient (Wildman–Crippen LogP) is 3.14. The topological polar surface area (TPSA) is 0 Å². The average Bonchev–Trinajstić information content (AvgIpc) is 2.05. The van der Waals surface area contributed by atoms with Crippen molar-refractivity contribution in [3.63, 3.8) is 0 Å². The van der Waals surface area contributed by atoms with Gasteiger partial charge in [0.2, 0.25) is 0 Å². The Morgan fingerprint density at radius 2 is 2.25 bits per heavy atom. The second-order valence-corrected chi connectivity index (χ2v) is 2.53. The van der Waals surface area contributed by atoms with Crippen LogP contribution in [0.5, 0.6) is 0 Å². The summed E-state index contributed by atoms with van der Waals surface area (Å²) in [6.07, 6.45) is 8.59. The smallest absolute Gasteiger partial charge is 0.134 e. The van der Waals surface area contributed by atoms with Gasteiger partial charge in [0.25, 0.3) is 0 Å². The first-order valence-corrected chi connectivity index (χ1v) is 3.99. The Kier molecular flexibility index (Phi) is 3.35. The van der Waals surface area contributed by atoms with Crippen LogP contribution in [0, 0.1) is 11.8 Å². The Balaban J connectivity index is 2.91. The first-order chi connectivity index (χ1) is 5.84. The van der Waals surface area contributed by atoms with Gasteiger partial charge in [-0.3, -0.25) is 0 Å². The van der Waals surface area contributed by atoms with E-state index >= 15 is 0 Å². The minimum atomic E-state index is -0.200. The van der Waals surface area contributed by atoms with Crippen LogP contribution < -0.4 is 0 Å². The lowest BCUT2D eigenvalue weighted by molar-refractivity contribution is 0.651. The molecule has 0 aliphatic heterocycles. The molecule has 0 radical (unpaired) electrons. The van der Waals surface area contributed by atoms with Gasteiger partial charge in [0.05, 0.1) is 0 Å². The molecule has 12 heavy (non-hydrogen) atoms. The third-order valence-corrected chi connectivity index (χ3v) is 1.61. The molecule has 0 aromatic heterocycles. The quantitative estimate of drug-likeness (QED) is 0.480. The zero-order valence-electron chi connectivity index (χ0n) is 7.10. The van der Waals surface area contributed by atoms with Crippen LogP contribution in [0.25, 0.3) is 0 Å². The molecule has 0 heterocycles. The molecule has 0 aromatic carbocycles. The molecule has 0 saturated carbocycles. The van der Waals surface area contributed by atoms with Crippen molar-refractivity contribution in [2.75, 3.05) is 0 Å². The van der Waals surface area contributed by atoms with E-state index in [4.69, 9.17) is 0 Å². The van der Waals surface area contributed by atoms with Gasteiger partial charge in [-0.1, -0.05) is 24.1 Å². The second-order valence-electron chi connectivity index (χ2n) is 2.53. The molecule has 0 bridgehead atoms. The molecule has 1 aliphatic rings. The first kappa shape index (κ1) is 8.80. The molecule has 1 rings (SSSR count). The normalized spacial score (nSPS) is 27.8. The zero-order valence-corrected chi connectivity index (χ0v) is 7.10. The van der Waals surface area contributed by atoms with E-state index < -0.39 is 0 Å². The van der Waals surface area contributed by atoms with Crippen molar-refractivity contribution in [2.45, 2.75) is 19.8 Å². The fourth-order valence-electron chi connectivity index (χ4n) is 1.04. The van der Waals surface area contributed by atoms with Gasteiger partial charge in [0.1, 0.15) is 5.83 Å². The molecule has 0 spiro atoms. The molecular formula is C11H11F.